The predicted molar refractivity (Wildman–Crippen MR) is 122 cm³/mol. The van der Waals surface area contributed by atoms with Gasteiger partial charge in [-0.1, -0.05) is 41.5 Å². The van der Waals surface area contributed by atoms with Crippen LogP contribution in [-0.2, 0) is 22.1 Å². The highest BCUT2D eigenvalue weighted by molar-refractivity contribution is 5.97. The molecular formula is C25H31N3O4. The molecule has 3 aromatic rings. The van der Waals surface area contributed by atoms with Gasteiger partial charge in [-0.2, -0.15) is 0 Å². The molecule has 7 heteroatoms. The Morgan fingerprint density at radius 3 is 2.03 bits per heavy atom. The van der Waals surface area contributed by atoms with Gasteiger partial charge in [0.25, 0.3) is 0 Å². The topological polar surface area (TPSA) is 96.8 Å². The number of aromatic nitrogens is 2. The molecule has 1 aromatic carbocycles. The van der Waals surface area contributed by atoms with E-state index in [9.17, 15) is 14.7 Å². The highest BCUT2D eigenvalue weighted by Gasteiger charge is 2.28. The zero-order valence-corrected chi connectivity index (χ0v) is 19.7. The number of methoxy groups -OCH3 is 1. The number of Topliss-reactive ketones (excluding diaryl/α,β-unsaturated/α-hetero) is 1. The fourth-order valence-corrected chi connectivity index (χ4v) is 3.70. The molecule has 7 nitrogen and oxygen atoms in total. The number of nitrogens with one attached hydrogen (secondary N) is 1. The second kappa shape index (κ2) is 7.97. The summed E-state index contributed by atoms with van der Waals surface area (Å²) in [5.74, 6) is -0.430. The van der Waals surface area contributed by atoms with E-state index in [1.807, 2.05) is 41.5 Å². The van der Waals surface area contributed by atoms with Crippen LogP contribution < -0.4 is 5.62 Å². The SMILES string of the molecule is COC(=O)c1ccc2cn(CC(=O)c3cc(C(C)(C)C)c(O)c(C(C)(C)C)c3)c(=N)n2c1. The summed E-state index contributed by atoms with van der Waals surface area (Å²) in [5, 5.41) is 19.4. The van der Waals surface area contributed by atoms with Crippen LogP contribution in [0.3, 0.4) is 0 Å². The monoisotopic (exact) mass is 437 g/mol. The van der Waals surface area contributed by atoms with Crippen LogP contribution >= 0.6 is 0 Å². The lowest BCUT2D eigenvalue weighted by molar-refractivity contribution is 0.0600. The van der Waals surface area contributed by atoms with Gasteiger partial charge in [0.05, 0.1) is 24.7 Å². The zero-order valence-electron chi connectivity index (χ0n) is 19.7. The number of nitrogens with zero attached hydrogens (tertiary/aromatic N) is 2. The number of esters is 1. The number of fused-ring (bicyclic) bond motifs is 1. The molecule has 0 aliphatic carbocycles. The molecule has 0 saturated heterocycles. The molecule has 0 bridgehead atoms. The number of carbonyl (C=O) groups excluding carboxylic acids is 2. The normalized spacial score (nSPS) is 12.2. The maximum atomic E-state index is 13.3. The van der Waals surface area contributed by atoms with Crippen molar-refractivity contribution in [3.8, 4) is 5.75 Å². The van der Waals surface area contributed by atoms with Gasteiger partial charge in [-0.3, -0.25) is 14.6 Å². The number of ketones is 1. The molecule has 0 amide bonds. The highest BCUT2D eigenvalue weighted by Crippen LogP contribution is 2.39. The molecule has 0 unspecified atom stereocenters. The molecule has 3 rings (SSSR count). The average molecular weight is 438 g/mol. The van der Waals surface area contributed by atoms with Crippen LogP contribution in [0.15, 0.2) is 36.7 Å². The standard InChI is InChI=1S/C25H31N3O4/c1-24(2,3)18-10-16(11-19(21(18)30)25(4,5)6)20(29)14-27-13-17-9-8-15(22(31)32-7)12-28(17)23(27)26/h8-13,26,30H,14H2,1-7H3. The summed E-state index contributed by atoms with van der Waals surface area (Å²) in [6, 6.07) is 6.84. The zero-order chi connectivity index (χ0) is 24.0. The summed E-state index contributed by atoms with van der Waals surface area (Å²) in [5.41, 5.74) is 2.33. The molecule has 0 fully saturated rings. The Hall–Kier alpha value is -3.35. The molecule has 170 valence electrons. The minimum Gasteiger partial charge on any atom is -0.507 e. The number of phenolic OH excluding ortho intramolecular Hbond substituents is 1. The van der Waals surface area contributed by atoms with Gasteiger partial charge in [0.2, 0.25) is 5.62 Å². The quantitative estimate of drug-likeness (QED) is 0.472. The van der Waals surface area contributed by atoms with Crippen molar-refractivity contribution in [1.82, 2.24) is 8.97 Å². The lowest BCUT2D eigenvalue weighted by Crippen LogP contribution is -2.25. The van der Waals surface area contributed by atoms with E-state index < -0.39 is 5.97 Å². The van der Waals surface area contributed by atoms with Gasteiger partial charge >= 0.3 is 5.97 Å². The lowest BCUT2D eigenvalue weighted by atomic mass is 9.78. The summed E-state index contributed by atoms with van der Waals surface area (Å²) in [6.07, 6.45) is 3.23. The number of benzene rings is 1. The third kappa shape index (κ3) is 4.33. The molecule has 0 aliphatic heterocycles. The Bertz CT molecular complexity index is 1230. The van der Waals surface area contributed by atoms with E-state index in [0.717, 1.165) is 0 Å². The lowest BCUT2D eigenvalue weighted by Gasteiger charge is -2.28. The molecule has 0 atom stereocenters. The van der Waals surface area contributed by atoms with E-state index >= 15 is 0 Å². The Kier molecular flexibility index (Phi) is 5.80. The van der Waals surface area contributed by atoms with Crippen LogP contribution in [0, 0.1) is 5.41 Å². The van der Waals surface area contributed by atoms with Crippen molar-refractivity contribution in [2.45, 2.75) is 58.9 Å². The molecule has 32 heavy (non-hydrogen) atoms. The van der Waals surface area contributed by atoms with E-state index in [4.69, 9.17) is 10.1 Å². The van der Waals surface area contributed by atoms with Gasteiger partial charge < -0.3 is 14.4 Å². The van der Waals surface area contributed by atoms with E-state index in [1.54, 1.807) is 35.0 Å². The molecule has 0 saturated carbocycles. The smallest absolute Gasteiger partial charge is 0.339 e. The first-order valence-corrected chi connectivity index (χ1v) is 10.5. The number of aromatic hydroxyl groups is 1. The molecule has 2 aromatic heterocycles. The van der Waals surface area contributed by atoms with E-state index in [0.29, 0.717) is 27.8 Å². The molecule has 0 spiro atoms. The van der Waals surface area contributed by atoms with Crippen molar-refractivity contribution in [3.05, 3.63) is 64.5 Å². The summed E-state index contributed by atoms with van der Waals surface area (Å²) < 4.78 is 7.83. The van der Waals surface area contributed by atoms with Gasteiger partial charge in [0.1, 0.15) is 5.75 Å². The Labute approximate surface area is 187 Å². The maximum Gasteiger partial charge on any atom is 0.339 e. The van der Waals surface area contributed by atoms with Crippen molar-refractivity contribution in [3.63, 3.8) is 0 Å². The first kappa shape index (κ1) is 23.3. The maximum absolute atomic E-state index is 13.3. The number of pyridine rings is 1. The largest absolute Gasteiger partial charge is 0.507 e. The first-order chi connectivity index (χ1) is 14.7. The van der Waals surface area contributed by atoms with Crippen LogP contribution in [0.5, 0.6) is 5.75 Å². The van der Waals surface area contributed by atoms with Crippen LogP contribution in [0.4, 0.5) is 0 Å². The number of phenols is 1. The van der Waals surface area contributed by atoms with Crippen LogP contribution in [-0.4, -0.2) is 32.9 Å². The third-order valence-corrected chi connectivity index (χ3v) is 5.55. The second-order valence-electron chi connectivity index (χ2n) is 10.1. The number of carbonyl (C=O) groups is 2. The molecular weight excluding hydrogens is 406 g/mol. The predicted octanol–water partition coefficient (Wildman–Crippen LogP) is 4.19. The van der Waals surface area contributed by atoms with Crippen LogP contribution in [0.1, 0.15) is 73.4 Å². The summed E-state index contributed by atoms with van der Waals surface area (Å²) in [7, 11) is 1.30. The van der Waals surface area contributed by atoms with E-state index in [2.05, 4.69) is 0 Å². The Balaban J connectivity index is 2.05. The van der Waals surface area contributed by atoms with Crippen molar-refractivity contribution in [2.75, 3.05) is 7.11 Å². The molecule has 0 radical (unpaired) electrons. The number of ether oxygens (including phenoxy) is 1. The van der Waals surface area contributed by atoms with Crippen LogP contribution in [0.2, 0.25) is 0 Å². The third-order valence-electron chi connectivity index (χ3n) is 5.55. The molecule has 2 heterocycles. The minimum atomic E-state index is -0.490. The fourth-order valence-electron chi connectivity index (χ4n) is 3.70. The Morgan fingerprint density at radius 1 is 0.969 bits per heavy atom. The summed E-state index contributed by atoms with van der Waals surface area (Å²) in [6.45, 7) is 12.0. The highest BCUT2D eigenvalue weighted by atomic mass is 16.5. The first-order valence-electron chi connectivity index (χ1n) is 10.5. The van der Waals surface area contributed by atoms with Crippen molar-refractivity contribution < 1.29 is 19.4 Å². The number of hydrogen-bond donors (Lipinski definition) is 2. The fraction of sp³-hybridized carbons (Fsp3) is 0.400. The number of rotatable bonds is 4. The van der Waals surface area contributed by atoms with Gasteiger partial charge in [-0.15, -0.1) is 0 Å². The van der Waals surface area contributed by atoms with Gasteiger partial charge in [-0.25, -0.2) is 4.79 Å². The van der Waals surface area contributed by atoms with Gasteiger partial charge in [0, 0.05) is 29.1 Å². The second-order valence-corrected chi connectivity index (χ2v) is 10.1. The number of imidazole rings is 1. The minimum absolute atomic E-state index is 0.0357. The molecule has 0 aliphatic rings. The number of hydrogen-bond acceptors (Lipinski definition) is 5. The van der Waals surface area contributed by atoms with Crippen molar-refractivity contribution >= 4 is 17.3 Å². The summed E-state index contributed by atoms with van der Waals surface area (Å²) in [4.78, 5) is 25.1. The summed E-state index contributed by atoms with van der Waals surface area (Å²) >= 11 is 0. The van der Waals surface area contributed by atoms with Crippen LogP contribution in [0.25, 0.3) is 5.52 Å². The van der Waals surface area contributed by atoms with E-state index in [1.165, 1.54) is 17.7 Å². The Morgan fingerprint density at radius 2 is 1.53 bits per heavy atom. The molecule has 2 N–H and O–H groups in total. The van der Waals surface area contributed by atoms with Gasteiger partial charge in [0.15, 0.2) is 5.78 Å². The van der Waals surface area contributed by atoms with Crippen molar-refractivity contribution in [1.29, 1.82) is 5.41 Å². The van der Waals surface area contributed by atoms with Gasteiger partial charge in [-0.05, 0) is 35.1 Å². The van der Waals surface area contributed by atoms with Crippen molar-refractivity contribution in [2.24, 2.45) is 0 Å². The van der Waals surface area contributed by atoms with E-state index in [-0.39, 0.29) is 34.5 Å². The average Bonchev–Trinajstić information content (AvgIpc) is 3.00.